The first kappa shape index (κ1) is 23.6. The molecule has 0 spiro atoms. The van der Waals surface area contributed by atoms with E-state index < -0.39 is 0 Å². The van der Waals surface area contributed by atoms with Crippen LogP contribution in [0.2, 0.25) is 0 Å². The molecule has 0 radical (unpaired) electrons. The summed E-state index contributed by atoms with van der Waals surface area (Å²) in [4.78, 5) is 17.5. The Bertz CT molecular complexity index is 1260. The van der Waals surface area contributed by atoms with E-state index in [1.54, 1.807) is 0 Å². The van der Waals surface area contributed by atoms with Crippen molar-refractivity contribution in [1.82, 2.24) is 14.9 Å². The number of nitrogens with one attached hydrogen (secondary N) is 1. The second-order valence-electron chi connectivity index (χ2n) is 8.91. The lowest BCUT2D eigenvalue weighted by Crippen LogP contribution is -2.25. The molecule has 0 aliphatic carbocycles. The third-order valence-electron chi connectivity index (χ3n) is 6.11. The number of carbonyl (C=O) groups is 1. The predicted octanol–water partition coefficient (Wildman–Crippen LogP) is 6.26. The molecule has 1 aromatic heterocycles. The lowest BCUT2D eigenvalue weighted by atomic mass is 10.0. The van der Waals surface area contributed by atoms with Crippen LogP contribution in [-0.2, 0) is 13.1 Å². The molecule has 4 aromatic rings. The summed E-state index contributed by atoms with van der Waals surface area (Å²) in [6.07, 6.45) is 1.90. The molecule has 0 unspecified atom stereocenters. The van der Waals surface area contributed by atoms with Crippen LogP contribution in [0.3, 0.4) is 0 Å². The van der Waals surface area contributed by atoms with Gasteiger partial charge in [0.15, 0.2) is 0 Å². The monoisotopic (exact) mass is 455 g/mol. The van der Waals surface area contributed by atoms with E-state index in [2.05, 4.69) is 41.9 Å². The normalized spacial score (nSPS) is 11.2. The van der Waals surface area contributed by atoms with Crippen molar-refractivity contribution < 1.29 is 9.53 Å². The van der Waals surface area contributed by atoms with Crippen molar-refractivity contribution >= 4 is 16.9 Å². The quantitative estimate of drug-likeness (QED) is 0.287. The number of aryl methyl sites for hydroxylation is 2. The summed E-state index contributed by atoms with van der Waals surface area (Å²) in [5, 5.41) is 3.05. The average molecular weight is 456 g/mol. The van der Waals surface area contributed by atoms with Crippen LogP contribution in [0.25, 0.3) is 11.0 Å². The largest absolute Gasteiger partial charge is 0.493 e. The zero-order valence-corrected chi connectivity index (χ0v) is 20.3. The van der Waals surface area contributed by atoms with Crippen LogP contribution in [0.1, 0.15) is 59.9 Å². The molecule has 0 aliphatic heterocycles. The fraction of sp³-hybridized carbons (Fsp3) is 0.310. The van der Waals surface area contributed by atoms with Crippen molar-refractivity contribution in [2.45, 2.75) is 52.6 Å². The van der Waals surface area contributed by atoms with Gasteiger partial charge in [-0.1, -0.05) is 62.4 Å². The number of hydrogen-bond donors (Lipinski definition) is 1. The molecule has 0 atom stereocenters. The van der Waals surface area contributed by atoms with Gasteiger partial charge in [-0.2, -0.15) is 0 Å². The molecule has 0 saturated carbocycles. The molecule has 1 heterocycles. The molecule has 1 N–H and O–H groups in total. The number of fused-ring (bicyclic) bond motifs is 1. The molecule has 0 saturated heterocycles. The number of unbranched alkanes of at least 4 members (excludes halogenated alkanes) is 1. The average Bonchev–Trinajstić information content (AvgIpc) is 3.20. The maximum absolute atomic E-state index is 12.7. The molecular formula is C29H33N3O2. The zero-order chi connectivity index (χ0) is 23.9. The summed E-state index contributed by atoms with van der Waals surface area (Å²) >= 11 is 0. The van der Waals surface area contributed by atoms with Gasteiger partial charge < -0.3 is 14.6 Å². The van der Waals surface area contributed by atoms with Gasteiger partial charge in [-0.25, -0.2) is 4.98 Å². The van der Waals surface area contributed by atoms with E-state index in [9.17, 15) is 4.79 Å². The van der Waals surface area contributed by atoms with Crippen LogP contribution in [0.15, 0.2) is 72.8 Å². The smallest absolute Gasteiger partial charge is 0.251 e. The minimum atomic E-state index is -0.0751. The summed E-state index contributed by atoms with van der Waals surface area (Å²) in [6.45, 7) is 8.21. The number of amides is 1. The second-order valence-corrected chi connectivity index (χ2v) is 8.91. The highest BCUT2D eigenvalue weighted by Gasteiger charge is 2.13. The summed E-state index contributed by atoms with van der Waals surface area (Å²) in [7, 11) is 0. The van der Waals surface area contributed by atoms with Gasteiger partial charge in [0.1, 0.15) is 11.6 Å². The molecule has 5 heteroatoms. The van der Waals surface area contributed by atoms with Gasteiger partial charge >= 0.3 is 0 Å². The number of para-hydroxylation sites is 3. The van der Waals surface area contributed by atoms with Gasteiger partial charge in [0.25, 0.3) is 5.91 Å². The molecule has 5 nitrogen and oxygen atoms in total. The first-order valence-electron chi connectivity index (χ1n) is 12.0. The topological polar surface area (TPSA) is 56.2 Å². The van der Waals surface area contributed by atoms with Gasteiger partial charge in [-0.3, -0.25) is 4.79 Å². The Morgan fingerprint density at radius 2 is 1.71 bits per heavy atom. The molecule has 0 aliphatic rings. The number of aromatic nitrogens is 2. The van der Waals surface area contributed by atoms with Crippen LogP contribution < -0.4 is 10.1 Å². The Morgan fingerprint density at radius 1 is 0.971 bits per heavy atom. The number of imidazole rings is 1. The van der Waals surface area contributed by atoms with Gasteiger partial charge in [0.05, 0.1) is 24.2 Å². The Morgan fingerprint density at radius 3 is 2.53 bits per heavy atom. The van der Waals surface area contributed by atoms with Crippen molar-refractivity contribution in [3.05, 3.63) is 95.3 Å². The molecule has 0 fully saturated rings. The number of nitrogens with zero attached hydrogens (tertiary/aromatic N) is 2. The van der Waals surface area contributed by atoms with E-state index in [1.807, 2.05) is 61.5 Å². The number of hydrogen-bond acceptors (Lipinski definition) is 3. The highest BCUT2D eigenvalue weighted by atomic mass is 16.5. The van der Waals surface area contributed by atoms with Crippen molar-refractivity contribution in [3.8, 4) is 5.75 Å². The van der Waals surface area contributed by atoms with E-state index in [-0.39, 0.29) is 5.91 Å². The van der Waals surface area contributed by atoms with E-state index in [4.69, 9.17) is 9.72 Å². The van der Waals surface area contributed by atoms with Crippen LogP contribution in [-0.4, -0.2) is 22.1 Å². The standard InChI is InChI=1S/C29H33N3O2/c1-21(2)23-13-6-9-17-27(23)34-19-11-10-18-32-26-16-8-7-15-25(26)31-28(32)20-30-29(33)24-14-5-4-12-22(24)3/h4-9,12-17,21H,10-11,18-20H2,1-3H3,(H,30,33). The van der Waals surface area contributed by atoms with Crippen LogP contribution in [0.5, 0.6) is 5.75 Å². The van der Waals surface area contributed by atoms with Crippen molar-refractivity contribution in [2.24, 2.45) is 0 Å². The molecular weight excluding hydrogens is 422 g/mol. The first-order chi connectivity index (χ1) is 16.5. The SMILES string of the molecule is Cc1ccccc1C(=O)NCc1nc2ccccc2n1CCCCOc1ccccc1C(C)C. The van der Waals surface area contributed by atoms with E-state index in [0.717, 1.165) is 47.6 Å². The molecule has 0 bridgehead atoms. The maximum Gasteiger partial charge on any atom is 0.251 e. The maximum atomic E-state index is 12.7. The minimum absolute atomic E-state index is 0.0751. The lowest BCUT2D eigenvalue weighted by molar-refractivity contribution is 0.0949. The minimum Gasteiger partial charge on any atom is -0.493 e. The van der Waals surface area contributed by atoms with E-state index in [1.165, 1.54) is 5.56 Å². The summed E-state index contributed by atoms with van der Waals surface area (Å²) in [5.74, 6) is 2.21. The highest BCUT2D eigenvalue weighted by Crippen LogP contribution is 2.26. The van der Waals surface area contributed by atoms with Crippen molar-refractivity contribution in [1.29, 1.82) is 0 Å². The summed E-state index contributed by atoms with van der Waals surface area (Å²) < 4.78 is 8.31. The third-order valence-corrected chi connectivity index (χ3v) is 6.11. The van der Waals surface area contributed by atoms with Crippen LogP contribution in [0.4, 0.5) is 0 Å². The number of carbonyl (C=O) groups excluding carboxylic acids is 1. The van der Waals surface area contributed by atoms with Gasteiger partial charge in [-0.15, -0.1) is 0 Å². The van der Waals surface area contributed by atoms with E-state index >= 15 is 0 Å². The Hall–Kier alpha value is -3.60. The third kappa shape index (κ3) is 5.48. The number of rotatable bonds is 10. The van der Waals surface area contributed by atoms with Crippen molar-refractivity contribution in [3.63, 3.8) is 0 Å². The highest BCUT2D eigenvalue weighted by molar-refractivity contribution is 5.95. The lowest BCUT2D eigenvalue weighted by Gasteiger charge is -2.14. The Labute approximate surface area is 201 Å². The second kappa shape index (κ2) is 11.0. The van der Waals surface area contributed by atoms with Gasteiger partial charge in [-0.05, 0) is 61.1 Å². The summed E-state index contributed by atoms with van der Waals surface area (Å²) in [5.41, 5.74) is 4.95. The first-order valence-corrected chi connectivity index (χ1v) is 12.0. The number of ether oxygens (including phenoxy) is 1. The van der Waals surface area contributed by atoms with E-state index in [0.29, 0.717) is 24.6 Å². The van der Waals surface area contributed by atoms with Crippen molar-refractivity contribution in [2.75, 3.05) is 6.61 Å². The molecule has 34 heavy (non-hydrogen) atoms. The van der Waals surface area contributed by atoms with Crippen LogP contribution >= 0.6 is 0 Å². The predicted molar refractivity (Wildman–Crippen MR) is 137 cm³/mol. The number of benzene rings is 3. The molecule has 4 rings (SSSR count). The Balaban J connectivity index is 1.39. The zero-order valence-electron chi connectivity index (χ0n) is 20.3. The summed E-state index contributed by atoms with van der Waals surface area (Å²) in [6, 6.07) is 24.0. The Kier molecular flexibility index (Phi) is 7.63. The fourth-order valence-electron chi connectivity index (χ4n) is 4.24. The fourth-order valence-corrected chi connectivity index (χ4v) is 4.24. The molecule has 1 amide bonds. The van der Waals surface area contributed by atoms with Gasteiger partial charge in [0, 0.05) is 12.1 Å². The van der Waals surface area contributed by atoms with Gasteiger partial charge in [0.2, 0.25) is 0 Å². The molecule has 3 aromatic carbocycles. The molecule has 176 valence electrons. The van der Waals surface area contributed by atoms with Crippen LogP contribution in [0, 0.1) is 6.92 Å².